The minimum Gasteiger partial charge on any atom is -0.480 e. The molecule has 0 saturated carbocycles. The van der Waals surface area contributed by atoms with Gasteiger partial charge in [-0.05, 0) is 25.2 Å². The fraction of sp³-hybridized carbons (Fsp3) is 0.619. The molecule has 0 aliphatic carbocycles. The van der Waals surface area contributed by atoms with Gasteiger partial charge in [0.05, 0.1) is 19.0 Å². The maximum absolute atomic E-state index is 12.9. The molecule has 0 bridgehead atoms. The van der Waals surface area contributed by atoms with E-state index in [2.05, 4.69) is 30.9 Å². The van der Waals surface area contributed by atoms with Crippen LogP contribution in [-0.4, -0.2) is 87.2 Å². The van der Waals surface area contributed by atoms with Crippen LogP contribution in [0.3, 0.4) is 0 Å². The Hall–Kier alpha value is -3.72. The molecule has 0 spiro atoms. The maximum Gasteiger partial charge on any atom is 0.326 e. The lowest BCUT2D eigenvalue weighted by Gasteiger charge is -2.25. The van der Waals surface area contributed by atoms with E-state index < -0.39 is 54.5 Å². The number of aliphatic carboxylic acids is 1. The molecule has 1 aromatic rings. The highest BCUT2D eigenvalue weighted by Crippen LogP contribution is 2.07. The number of aromatic amines is 1. The highest BCUT2D eigenvalue weighted by atomic mass is 16.4. The predicted octanol–water partition coefficient (Wildman–Crippen LogP) is -3.09. The van der Waals surface area contributed by atoms with Crippen LogP contribution in [0.25, 0.3) is 0 Å². The molecular weight excluding hydrogens is 474 g/mol. The first kappa shape index (κ1) is 30.3. The number of aromatic nitrogens is 2. The van der Waals surface area contributed by atoms with Crippen LogP contribution >= 0.6 is 0 Å². The van der Waals surface area contributed by atoms with E-state index in [9.17, 15) is 29.4 Å². The zero-order chi connectivity index (χ0) is 27.3. The molecule has 1 rings (SSSR count). The normalized spacial score (nSPS) is 14.2. The van der Waals surface area contributed by atoms with Gasteiger partial charge < -0.3 is 48.3 Å². The van der Waals surface area contributed by atoms with Gasteiger partial charge in [-0.1, -0.05) is 13.8 Å². The van der Waals surface area contributed by atoms with E-state index in [1.807, 2.05) is 13.8 Å². The third kappa shape index (κ3) is 11.1. The number of nitrogens with two attached hydrogens (primary N) is 3. The second-order valence-corrected chi connectivity index (χ2v) is 8.67. The number of guanidine groups is 1. The Morgan fingerprint density at radius 3 is 2.19 bits per heavy atom. The number of aliphatic imine (C=N–C) groups is 1. The van der Waals surface area contributed by atoms with Gasteiger partial charge in [0.25, 0.3) is 0 Å². The number of carbonyl (C=O) groups excluding carboxylic acids is 3. The number of carboxylic acids is 1. The fourth-order valence-electron chi connectivity index (χ4n) is 3.21. The van der Waals surface area contributed by atoms with Crippen molar-refractivity contribution < 1.29 is 29.4 Å². The number of carboxylic acid groups (broad SMARTS) is 1. The molecular formula is C21H37N9O6. The second-order valence-electron chi connectivity index (χ2n) is 8.67. The lowest BCUT2D eigenvalue weighted by Crippen LogP contribution is -2.58. The van der Waals surface area contributed by atoms with E-state index in [1.54, 1.807) is 0 Å². The van der Waals surface area contributed by atoms with Crippen LogP contribution in [-0.2, 0) is 25.6 Å². The monoisotopic (exact) mass is 511 g/mol. The van der Waals surface area contributed by atoms with Crippen molar-refractivity contribution in [2.24, 2.45) is 28.1 Å². The molecule has 0 radical (unpaired) electrons. The smallest absolute Gasteiger partial charge is 0.326 e. The molecule has 202 valence electrons. The zero-order valence-electron chi connectivity index (χ0n) is 20.4. The Morgan fingerprint density at radius 1 is 1.06 bits per heavy atom. The minimum absolute atomic E-state index is 0.0127. The molecule has 12 N–H and O–H groups in total. The number of aliphatic hydroxyl groups excluding tert-OH is 1. The molecule has 0 aliphatic heterocycles. The number of aliphatic hydroxyl groups is 1. The fourth-order valence-corrected chi connectivity index (χ4v) is 3.21. The summed E-state index contributed by atoms with van der Waals surface area (Å²) in [6, 6.07) is -4.77. The molecule has 4 atom stereocenters. The van der Waals surface area contributed by atoms with Crippen LogP contribution < -0.4 is 33.2 Å². The van der Waals surface area contributed by atoms with Crippen LogP contribution in [0, 0.1) is 5.92 Å². The Morgan fingerprint density at radius 2 is 1.67 bits per heavy atom. The van der Waals surface area contributed by atoms with E-state index in [1.165, 1.54) is 12.5 Å². The van der Waals surface area contributed by atoms with Crippen molar-refractivity contribution in [2.75, 3.05) is 13.2 Å². The first-order valence-electron chi connectivity index (χ1n) is 11.5. The highest BCUT2D eigenvalue weighted by Gasteiger charge is 2.30. The van der Waals surface area contributed by atoms with Crippen molar-refractivity contribution in [3.8, 4) is 0 Å². The summed E-state index contributed by atoms with van der Waals surface area (Å²) < 4.78 is 0. The summed E-state index contributed by atoms with van der Waals surface area (Å²) >= 11 is 0. The van der Waals surface area contributed by atoms with Crippen LogP contribution in [0.4, 0.5) is 0 Å². The summed E-state index contributed by atoms with van der Waals surface area (Å²) in [5, 5.41) is 26.3. The summed E-state index contributed by atoms with van der Waals surface area (Å²) in [4.78, 5) is 60.1. The quantitative estimate of drug-likeness (QED) is 0.0613. The van der Waals surface area contributed by atoms with Crippen molar-refractivity contribution in [2.45, 2.75) is 63.7 Å². The van der Waals surface area contributed by atoms with Crippen LogP contribution in [0.1, 0.15) is 38.8 Å². The summed E-state index contributed by atoms with van der Waals surface area (Å²) in [6.07, 6.45) is 3.57. The lowest BCUT2D eigenvalue weighted by atomic mass is 10.0. The summed E-state index contributed by atoms with van der Waals surface area (Å²) in [5.74, 6) is -3.65. The van der Waals surface area contributed by atoms with E-state index in [0.29, 0.717) is 5.69 Å². The van der Waals surface area contributed by atoms with Crippen molar-refractivity contribution in [3.05, 3.63) is 18.2 Å². The first-order chi connectivity index (χ1) is 16.9. The maximum atomic E-state index is 12.9. The van der Waals surface area contributed by atoms with Crippen molar-refractivity contribution in [1.82, 2.24) is 25.9 Å². The standard InChI is InChI=1S/C21H37N9O6/c1-11(2)6-15(20(35)36)29-18(33)14(4-3-5-26-21(23)24)28-19(34)16(9-31)30-17(32)13(22)7-12-8-25-10-27-12/h8,10-11,13-16,31H,3-7,9,22H2,1-2H3,(H,25,27)(H,28,34)(H,29,33)(H,30,32)(H,35,36)(H4,23,24,26). The molecule has 15 nitrogen and oxygen atoms in total. The van der Waals surface area contributed by atoms with Gasteiger partial charge in [0.15, 0.2) is 5.96 Å². The number of nitrogens with zero attached hydrogens (tertiary/aromatic N) is 2. The van der Waals surface area contributed by atoms with Gasteiger partial charge in [-0.3, -0.25) is 19.4 Å². The molecule has 0 fully saturated rings. The number of carbonyl (C=O) groups is 4. The lowest BCUT2D eigenvalue weighted by molar-refractivity contribution is -0.143. The topological polar surface area (TPSA) is 264 Å². The van der Waals surface area contributed by atoms with Crippen molar-refractivity contribution in [3.63, 3.8) is 0 Å². The van der Waals surface area contributed by atoms with Crippen LogP contribution in [0.15, 0.2) is 17.5 Å². The molecule has 1 aromatic heterocycles. The Kier molecular flexibility index (Phi) is 12.9. The van der Waals surface area contributed by atoms with Gasteiger partial charge in [-0.2, -0.15) is 0 Å². The van der Waals surface area contributed by atoms with E-state index >= 15 is 0 Å². The average molecular weight is 512 g/mol. The molecule has 0 aliphatic rings. The zero-order valence-corrected chi connectivity index (χ0v) is 20.4. The number of rotatable bonds is 16. The van der Waals surface area contributed by atoms with Crippen LogP contribution in [0.2, 0.25) is 0 Å². The summed E-state index contributed by atoms with van der Waals surface area (Å²) in [5.41, 5.74) is 17.1. The van der Waals surface area contributed by atoms with Gasteiger partial charge in [0.2, 0.25) is 17.7 Å². The van der Waals surface area contributed by atoms with E-state index in [4.69, 9.17) is 17.2 Å². The number of amides is 3. The van der Waals surface area contributed by atoms with Gasteiger partial charge in [-0.15, -0.1) is 0 Å². The number of imidazole rings is 1. The highest BCUT2D eigenvalue weighted by molar-refractivity contribution is 5.94. The molecule has 3 amide bonds. The predicted molar refractivity (Wildman–Crippen MR) is 130 cm³/mol. The summed E-state index contributed by atoms with van der Waals surface area (Å²) in [6.45, 7) is 3.02. The van der Waals surface area contributed by atoms with Crippen molar-refractivity contribution >= 4 is 29.7 Å². The van der Waals surface area contributed by atoms with E-state index in [0.717, 1.165) is 0 Å². The average Bonchev–Trinajstić information content (AvgIpc) is 3.30. The van der Waals surface area contributed by atoms with Gasteiger partial charge in [-0.25, -0.2) is 9.78 Å². The third-order valence-corrected chi connectivity index (χ3v) is 5.05. The van der Waals surface area contributed by atoms with Crippen molar-refractivity contribution in [1.29, 1.82) is 0 Å². The number of H-pyrrole nitrogens is 1. The molecule has 15 heteroatoms. The number of hydrogen-bond donors (Lipinski definition) is 9. The Balaban J connectivity index is 2.88. The molecule has 0 aromatic carbocycles. The molecule has 0 saturated heterocycles. The van der Waals surface area contributed by atoms with Gasteiger partial charge in [0.1, 0.15) is 18.1 Å². The largest absolute Gasteiger partial charge is 0.480 e. The first-order valence-corrected chi connectivity index (χ1v) is 11.5. The minimum atomic E-state index is -1.40. The molecule has 36 heavy (non-hydrogen) atoms. The molecule has 4 unspecified atom stereocenters. The number of nitrogens with one attached hydrogen (secondary N) is 4. The second kappa shape index (κ2) is 15.3. The Labute approximate surface area is 208 Å². The van der Waals surface area contributed by atoms with Gasteiger partial charge in [0, 0.05) is 24.9 Å². The van der Waals surface area contributed by atoms with Crippen LogP contribution in [0.5, 0.6) is 0 Å². The number of hydrogen-bond acceptors (Lipinski definition) is 8. The van der Waals surface area contributed by atoms with E-state index in [-0.39, 0.29) is 44.1 Å². The third-order valence-electron chi connectivity index (χ3n) is 5.05. The van der Waals surface area contributed by atoms with Gasteiger partial charge >= 0.3 is 5.97 Å². The molecule has 1 heterocycles. The Bertz CT molecular complexity index is 886. The SMILES string of the molecule is CC(C)CC(NC(=O)C(CCCN=C(N)N)NC(=O)C(CO)NC(=O)C(N)Cc1cnc[nH]1)C(=O)O. The summed E-state index contributed by atoms with van der Waals surface area (Å²) in [7, 11) is 0.